The minimum atomic E-state index is -0.275. The van der Waals surface area contributed by atoms with Gasteiger partial charge in [-0.25, -0.2) is 0 Å². The van der Waals surface area contributed by atoms with Gasteiger partial charge in [-0.15, -0.1) is 10.2 Å². The molecule has 0 radical (unpaired) electrons. The molecule has 4 rings (SSSR count). The molecule has 152 valence electrons. The van der Waals surface area contributed by atoms with Gasteiger partial charge in [0.15, 0.2) is 16.8 Å². The summed E-state index contributed by atoms with van der Waals surface area (Å²) in [5, 5.41) is 28.6. The van der Waals surface area contributed by atoms with Gasteiger partial charge in [0.1, 0.15) is 17.3 Å². The molecule has 0 bridgehead atoms. The molecule has 4 aromatic rings. The molecule has 7 nitrogen and oxygen atoms in total. The van der Waals surface area contributed by atoms with Crippen molar-refractivity contribution in [2.45, 2.75) is 18.6 Å². The van der Waals surface area contributed by atoms with Crippen LogP contribution >= 0.6 is 11.8 Å². The number of phenolic OH excluding ortho intramolecular Hbond substituents is 2. The van der Waals surface area contributed by atoms with Crippen molar-refractivity contribution >= 4 is 17.5 Å². The lowest BCUT2D eigenvalue weighted by Gasteiger charge is -2.10. The van der Waals surface area contributed by atoms with Gasteiger partial charge in [-0.1, -0.05) is 36.0 Å². The standard InChI is InChI=1S/C22H19N3O4S/c1-14-5-2-3-7-17(14)21-23-24-22(25(21)12-16-6-4-10-29-16)30-13-20(28)18-9-8-15(26)11-19(18)27/h2-11,26-27H,12-13H2,1H3. The first kappa shape index (κ1) is 19.8. The van der Waals surface area contributed by atoms with Gasteiger partial charge >= 0.3 is 0 Å². The molecule has 0 unspecified atom stereocenters. The van der Waals surface area contributed by atoms with E-state index in [1.165, 1.54) is 23.9 Å². The summed E-state index contributed by atoms with van der Waals surface area (Å²) in [4.78, 5) is 12.6. The van der Waals surface area contributed by atoms with E-state index in [0.717, 1.165) is 23.0 Å². The van der Waals surface area contributed by atoms with Crippen molar-refractivity contribution in [2.75, 3.05) is 5.75 Å². The molecule has 0 aliphatic heterocycles. The Bertz CT molecular complexity index is 1190. The largest absolute Gasteiger partial charge is 0.508 e. The number of ketones is 1. The van der Waals surface area contributed by atoms with Crippen molar-refractivity contribution in [3.63, 3.8) is 0 Å². The molecular weight excluding hydrogens is 402 g/mol. The van der Waals surface area contributed by atoms with E-state index in [4.69, 9.17) is 4.42 Å². The Hall–Kier alpha value is -3.52. The molecular formula is C22H19N3O4S. The molecule has 2 N–H and O–H groups in total. The molecule has 0 atom stereocenters. The highest BCUT2D eigenvalue weighted by atomic mass is 32.2. The maximum absolute atomic E-state index is 12.6. The number of aromatic nitrogens is 3. The maximum Gasteiger partial charge on any atom is 0.192 e. The molecule has 2 aromatic heterocycles. The fourth-order valence-corrected chi connectivity index (χ4v) is 3.90. The number of furan rings is 1. The van der Waals surface area contributed by atoms with Crippen LogP contribution in [0.2, 0.25) is 0 Å². The number of phenols is 2. The average Bonchev–Trinajstić information content (AvgIpc) is 3.37. The van der Waals surface area contributed by atoms with E-state index in [1.807, 2.05) is 47.9 Å². The Morgan fingerprint density at radius 3 is 2.67 bits per heavy atom. The first-order valence-electron chi connectivity index (χ1n) is 9.22. The van der Waals surface area contributed by atoms with Crippen LogP contribution in [0.4, 0.5) is 0 Å². The number of hydrogen-bond acceptors (Lipinski definition) is 7. The molecule has 2 aromatic carbocycles. The van der Waals surface area contributed by atoms with Crippen molar-refractivity contribution in [2.24, 2.45) is 0 Å². The highest BCUT2D eigenvalue weighted by Crippen LogP contribution is 2.29. The van der Waals surface area contributed by atoms with Gasteiger partial charge in [0.25, 0.3) is 0 Å². The summed E-state index contributed by atoms with van der Waals surface area (Å²) in [5.74, 6) is 0.863. The summed E-state index contributed by atoms with van der Waals surface area (Å²) in [6, 6.07) is 15.5. The van der Waals surface area contributed by atoms with E-state index in [2.05, 4.69) is 10.2 Å². The summed E-state index contributed by atoms with van der Waals surface area (Å²) in [6.45, 7) is 2.43. The zero-order valence-corrected chi connectivity index (χ0v) is 17.0. The smallest absolute Gasteiger partial charge is 0.192 e. The number of nitrogens with zero attached hydrogens (tertiary/aromatic N) is 3. The van der Waals surface area contributed by atoms with Gasteiger partial charge in [-0.2, -0.15) is 0 Å². The fourth-order valence-electron chi connectivity index (χ4n) is 3.08. The van der Waals surface area contributed by atoms with Crippen molar-refractivity contribution in [3.8, 4) is 22.9 Å². The Morgan fingerprint density at radius 1 is 1.10 bits per heavy atom. The van der Waals surface area contributed by atoms with Gasteiger partial charge in [0.2, 0.25) is 0 Å². The molecule has 0 amide bonds. The monoisotopic (exact) mass is 421 g/mol. The molecule has 30 heavy (non-hydrogen) atoms. The van der Waals surface area contributed by atoms with E-state index in [1.54, 1.807) is 6.26 Å². The lowest BCUT2D eigenvalue weighted by molar-refractivity contribution is 0.102. The Kier molecular flexibility index (Phi) is 5.58. The number of benzene rings is 2. The SMILES string of the molecule is Cc1ccccc1-c1nnc(SCC(=O)c2ccc(O)cc2O)n1Cc1ccco1. The van der Waals surface area contributed by atoms with Crippen LogP contribution in [0.1, 0.15) is 21.7 Å². The van der Waals surface area contributed by atoms with E-state index in [0.29, 0.717) is 17.5 Å². The number of carbonyl (C=O) groups is 1. The summed E-state index contributed by atoms with van der Waals surface area (Å²) in [7, 11) is 0. The van der Waals surface area contributed by atoms with Crippen LogP contribution in [0.3, 0.4) is 0 Å². The van der Waals surface area contributed by atoms with Crippen molar-refractivity contribution < 1.29 is 19.4 Å². The predicted octanol–water partition coefficient (Wildman–Crippen LogP) is 4.28. The molecule has 0 aliphatic rings. The van der Waals surface area contributed by atoms with Crippen LogP contribution in [0, 0.1) is 6.92 Å². The number of rotatable bonds is 7. The second kappa shape index (κ2) is 8.46. The number of hydrogen-bond donors (Lipinski definition) is 2. The van der Waals surface area contributed by atoms with Crippen LogP contribution in [0.15, 0.2) is 70.4 Å². The number of carbonyl (C=O) groups excluding carboxylic acids is 1. The van der Waals surface area contributed by atoms with Crippen LogP contribution in [0.5, 0.6) is 11.5 Å². The summed E-state index contributed by atoms with van der Waals surface area (Å²) < 4.78 is 7.41. The number of thioether (sulfide) groups is 1. The van der Waals surface area contributed by atoms with Gasteiger partial charge in [0.05, 0.1) is 24.1 Å². The second-order valence-corrected chi connectivity index (χ2v) is 7.64. The highest BCUT2D eigenvalue weighted by molar-refractivity contribution is 7.99. The molecule has 0 aliphatic carbocycles. The van der Waals surface area contributed by atoms with Crippen LogP contribution in [-0.4, -0.2) is 36.5 Å². The van der Waals surface area contributed by atoms with Crippen LogP contribution in [-0.2, 0) is 6.54 Å². The Balaban J connectivity index is 1.62. The molecule has 0 spiro atoms. The number of Topliss-reactive ketones (excluding diaryl/α,β-unsaturated/α-hetero) is 1. The van der Waals surface area contributed by atoms with E-state index in [9.17, 15) is 15.0 Å². The van der Waals surface area contributed by atoms with Crippen molar-refractivity contribution in [3.05, 3.63) is 77.7 Å². The quantitative estimate of drug-likeness (QED) is 0.339. The Morgan fingerprint density at radius 2 is 1.93 bits per heavy atom. The Labute approximate surface area is 177 Å². The predicted molar refractivity (Wildman–Crippen MR) is 113 cm³/mol. The molecule has 8 heteroatoms. The summed E-state index contributed by atoms with van der Waals surface area (Å²) in [6.07, 6.45) is 1.61. The van der Waals surface area contributed by atoms with E-state index in [-0.39, 0.29) is 28.6 Å². The normalized spacial score (nSPS) is 11.0. The minimum absolute atomic E-state index is 0.0579. The number of aryl methyl sites for hydroxylation is 1. The third-order valence-electron chi connectivity index (χ3n) is 4.61. The fraction of sp³-hybridized carbons (Fsp3) is 0.136. The third-order valence-corrected chi connectivity index (χ3v) is 5.58. The zero-order valence-electron chi connectivity index (χ0n) is 16.1. The molecule has 0 fully saturated rings. The number of aromatic hydroxyl groups is 2. The maximum atomic E-state index is 12.6. The first-order valence-corrected chi connectivity index (χ1v) is 10.2. The van der Waals surface area contributed by atoms with Gasteiger partial charge in [-0.05, 0) is 36.8 Å². The van der Waals surface area contributed by atoms with E-state index >= 15 is 0 Å². The minimum Gasteiger partial charge on any atom is -0.508 e. The lowest BCUT2D eigenvalue weighted by Crippen LogP contribution is -2.07. The van der Waals surface area contributed by atoms with Gasteiger partial charge in [0, 0.05) is 11.6 Å². The second-order valence-electron chi connectivity index (χ2n) is 6.70. The van der Waals surface area contributed by atoms with Gasteiger partial charge < -0.3 is 14.6 Å². The third kappa shape index (κ3) is 4.08. The topological polar surface area (TPSA) is 101 Å². The van der Waals surface area contributed by atoms with Gasteiger partial charge in [-0.3, -0.25) is 9.36 Å². The molecule has 0 saturated heterocycles. The van der Waals surface area contributed by atoms with E-state index < -0.39 is 0 Å². The first-order chi connectivity index (χ1) is 14.5. The summed E-state index contributed by atoms with van der Waals surface area (Å²) >= 11 is 1.23. The highest BCUT2D eigenvalue weighted by Gasteiger charge is 2.19. The lowest BCUT2D eigenvalue weighted by atomic mass is 10.1. The van der Waals surface area contributed by atoms with Crippen molar-refractivity contribution in [1.82, 2.24) is 14.8 Å². The molecule has 2 heterocycles. The van der Waals surface area contributed by atoms with Crippen molar-refractivity contribution in [1.29, 1.82) is 0 Å². The zero-order chi connectivity index (χ0) is 21.1. The van der Waals surface area contributed by atoms with Crippen LogP contribution in [0.25, 0.3) is 11.4 Å². The average molecular weight is 421 g/mol. The molecule has 0 saturated carbocycles. The van der Waals surface area contributed by atoms with Crippen LogP contribution < -0.4 is 0 Å². The summed E-state index contributed by atoms with van der Waals surface area (Å²) in [5.41, 5.74) is 2.16.